The van der Waals surface area contributed by atoms with E-state index in [-0.39, 0.29) is 5.41 Å². The van der Waals surface area contributed by atoms with Crippen LogP contribution in [-0.4, -0.2) is 9.55 Å². The largest absolute Gasteiger partial charge is 0.292 e. The van der Waals surface area contributed by atoms with Crippen LogP contribution in [0, 0.1) is 6.92 Å². The number of hydrogen-bond donors (Lipinski definition) is 0. The SMILES string of the molecule is Cc1ccc2scc(-c3nc4ccccc4n3-c3ccc(-c4ccc(C(C)(C)C)cc4)cc3)c2c1. The van der Waals surface area contributed by atoms with E-state index in [1.165, 1.54) is 37.9 Å². The fraction of sp³-hybridized carbons (Fsp3) is 0.156. The van der Waals surface area contributed by atoms with Crippen LogP contribution in [0.2, 0.25) is 0 Å². The molecule has 0 atom stereocenters. The highest BCUT2D eigenvalue weighted by molar-refractivity contribution is 7.17. The van der Waals surface area contributed by atoms with Crippen LogP contribution in [0.1, 0.15) is 31.9 Å². The number of thiophene rings is 1. The Hall–Kier alpha value is -3.69. The number of fused-ring (bicyclic) bond motifs is 2. The summed E-state index contributed by atoms with van der Waals surface area (Å²) < 4.78 is 3.59. The number of aromatic nitrogens is 2. The highest BCUT2D eigenvalue weighted by Crippen LogP contribution is 2.37. The molecule has 3 heteroatoms. The third-order valence-electron chi connectivity index (χ3n) is 6.74. The Kier molecular flexibility index (Phi) is 5.12. The van der Waals surface area contributed by atoms with Gasteiger partial charge in [-0.15, -0.1) is 11.3 Å². The highest BCUT2D eigenvalue weighted by Gasteiger charge is 2.18. The number of aryl methyl sites for hydroxylation is 1. The third kappa shape index (κ3) is 3.86. The zero-order chi connectivity index (χ0) is 24.2. The Labute approximate surface area is 210 Å². The van der Waals surface area contributed by atoms with Gasteiger partial charge in [-0.3, -0.25) is 4.57 Å². The first kappa shape index (κ1) is 21.8. The summed E-state index contributed by atoms with van der Waals surface area (Å²) in [5.74, 6) is 0.991. The van der Waals surface area contributed by atoms with E-state index in [2.05, 4.69) is 129 Å². The molecule has 0 aliphatic carbocycles. The first-order chi connectivity index (χ1) is 16.9. The fourth-order valence-corrected chi connectivity index (χ4v) is 5.67. The van der Waals surface area contributed by atoms with Gasteiger partial charge in [-0.1, -0.05) is 80.9 Å². The molecule has 0 spiro atoms. The van der Waals surface area contributed by atoms with Gasteiger partial charge >= 0.3 is 0 Å². The second-order valence-electron chi connectivity index (χ2n) is 10.3. The van der Waals surface area contributed by atoms with Gasteiger partial charge in [-0.2, -0.15) is 0 Å². The molecule has 0 radical (unpaired) electrons. The van der Waals surface area contributed by atoms with Crippen LogP contribution in [0.5, 0.6) is 0 Å². The summed E-state index contributed by atoms with van der Waals surface area (Å²) in [6.45, 7) is 8.90. The van der Waals surface area contributed by atoms with E-state index in [4.69, 9.17) is 4.98 Å². The number of hydrogen-bond acceptors (Lipinski definition) is 2. The molecule has 0 aliphatic heterocycles. The molecule has 6 aromatic rings. The molecule has 2 nitrogen and oxygen atoms in total. The molecule has 35 heavy (non-hydrogen) atoms. The van der Waals surface area contributed by atoms with Gasteiger partial charge in [0.15, 0.2) is 0 Å². The summed E-state index contributed by atoms with van der Waals surface area (Å²) in [5, 5.41) is 3.51. The van der Waals surface area contributed by atoms with Crippen molar-refractivity contribution in [3.63, 3.8) is 0 Å². The quantitative estimate of drug-likeness (QED) is 0.251. The van der Waals surface area contributed by atoms with Gasteiger partial charge in [0, 0.05) is 26.7 Å². The minimum atomic E-state index is 0.158. The van der Waals surface area contributed by atoms with Crippen LogP contribution in [0.4, 0.5) is 0 Å². The predicted octanol–water partition coefficient (Wildman–Crippen LogP) is 9.18. The zero-order valence-electron chi connectivity index (χ0n) is 20.5. The number of rotatable bonds is 3. The topological polar surface area (TPSA) is 17.8 Å². The Morgan fingerprint density at radius 1 is 0.771 bits per heavy atom. The van der Waals surface area contributed by atoms with Crippen LogP contribution < -0.4 is 0 Å². The molecule has 2 heterocycles. The van der Waals surface area contributed by atoms with Crippen molar-refractivity contribution in [3.05, 3.63) is 108 Å². The molecule has 0 saturated heterocycles. The summed E-state index contributed by atoms with van der Waals surface area (Å²) in [6.07, 6.45) is 0. The first-order valence-electron chi connectivity index (χ1n) is 12.1. The number of imidazole rings is 1. The van der Waals surface area contributed by atoms with Crippen molar-refractivity contribution in [1.29, 1.82) is 0 Å². The lowest BCUT2D eigenvalue weighted by atomic mass is 9.86. The second kappa shape index (κ2) is 8.21. The van der Waals surface area contributed by atoms with Crippen LogP contribution in [0.25, 0.3) is 49.3 Å². The number of nitrogens with zero attached hydrogens (tertiary/aromatic N) is 2. The minimum Gasteiger partial charge on any atom is -0.292 e. The monoisotopic (exact) mass is 472 g/mol. The molecular weight excluding hydrogens is 444 g/mol. The first-order valence-corrected chi connectivity index (χ1v) is 12.9. The Balaban J connectivity index is 1.47. The van der Waals surface area contributed by atoms with Gasteiger partial charge in [-0.25, -0.2) is 4.98 Å². The third-order valence-corrected chi connectivity index (χ3v) is 7.70. The predicted molar refractivity (Wildman–Crippen MR) is 151 cm³/mol. The zero-order valence-corrected chi connectivity index (χ0v) is 21.4. The molecule has 0 unspecified atom stereocenters. The lowest BCUT2D eigenvalue weighted by molar-refractivity contribution is 0.590. The molecule has 0 amide bonds. The van der Waals surface area contributed by atoms with E-state index in [1.807, 2.05) is 0 Å². The van der Waals surface area contributed by atoms with Crippen molar-refractivity contribution in [3.8, 4) is 28.2 Å². The Morgan fingerprint density at radius 2 is 1.46 bits per heavy atom. The molecular formula is C32H28N2S. The van der Waals surface area contributed by atoms with E-state index in [9.17, 15) is 0 Å². The molecule has 0 N–H and O–H groups in total. The van der Waals surface area contributed by atoms with Crippen LogP contribution in [-0.2, 0) is 5.41 Å². The standard InChI is InChI=1S/C32H28N2S/c1-21-9-18-30-26(19-21)27(20-35-30)31-33-28-7-5-6-8-29(28)34(31)25-16-12-23(13-17-25)22-10-14-24(15-11-22)32(2,3)4/h5-20H,1-4H3. The average molecular weight is 473 g/mol. The van der Waals surface area contributed by atoms with E-state index < -0.39 is 0 Å². The lowest BCUT2D eigenvalue weighted by Gasteiger charge is -2.19. The van der Waals surface area contributed by atoms with Crippen molar-refractivity contribution >= 4 is 32.5 Å². The van der Waals surface area contributed by atoms with Gasteiger partial charge in [0.05, 0.1) is 11.0 Å². The van der Waals surface area contributed by atoms with Crippen molar-refractivity contribution in [2.24, 2.45) is 0 Å². The smallest absolute Gasteiger partial charge is 0.147 e. The number of benzene rings is 4. The maximum atomic E-state index is 5.09. The molecule has 0 fully saturated rings. The molecule has 0 bridgehead atoms. The second-order valence-corrected chi connectivity index (χ2v) is 11.2. The van der Waals surface area contributed by atoms with Crippen molar-refractivity contribution in [1.82, 2.24) is 9.55 Å². The molecule has 4 aromatic carbocycles. The van der Waals surface area contributed by atoms with Gasteiger partial charge < -0.3 is 0 Å². The highest BCUT2D eigenvalue weighted by atomic mass is 32.1. The molecule has 0 aliphatic rings. The molecule has 6 rings (SSSR count). The van der Waals surface area contributed by atoms with Gasteiger partial charge in [0.25, 0.3) is 0 Å². The summed E-state index contributed by atoms with van der Waals surface area (Å²) in [7, 11) is 0. The van der Waals surface area contributed by atoms with Gasteiger partial charge in [-0.05, 0) is 65.4 Å². The van der Waals surface area contributed by atoms with Crippen LogP contribution >= 0.6 is 11.3 Å². The lowest BCUT2D eigenvalue weighted by Crippen LogP contribution is -2.10. The summed E-state index contributed by atoms with van der Waals surface area (Å²) in [5.41, 5.74) is 9.67. The Bertz CT molecular complexity index is 1660. The Morgan fingerprint density at radius 3 is 2.17 bits per heavy atom. The van der Waals surface area contributed by atoms with E-state index in [0.717, 1.165) is 22.5 Å². The maximum absolute atomic E-state index is 5.09. The van der Waals surface area contributed by atoms with Gasteiger partial charge in [0.1, 0.15) is 5.82 Å². The van der Waals surface area contributed by atoms with E-state index in [0.29, 0.717) is 0 Å². The molecule has 0 saturated carbocycles. The van der Waals surface area contributed by atoms with Gasteiger partial charge in [0.2, 0.25) is 0 Å². The molecule has 2 aromatic heterocycles. The normalized spacial score (nSPS) is 12.0. The minimum absolute atomic E-state index is 0.158. The van der Waals surface area contributed by atoms with E-state index >= 15 is 0 Å². The number of para-hydroxylation sites is 2. The summed E-state index contributed by atoms with van der Waals surface area (Å²) in [4.78, 5) is 5.09. The van der Waals surface area contributed by atoms with Crippen molar-refractivity contribution in [2.75, 3.05) is 0 Å². The van der Waals surface area contributed by atoms with Crippen molar-refractivity contribution < 1.29 is 0 Å². The fourth-order valence-electron chi connectivity index (χ4n) is 4.75. The van der Waals surface area contributed by atoms with Crippen LogP contribution in [0.15, 0.2) is 96.4 Å². The summed E-state index contributed by atoms with van der Waals surface area (Å²) >= 11 is 1.78. The molecule has 172 valence electrons. The summed E-state index contributed by atoms with van der Waals surface area (Å²) in [6, 6.07) is 32.9. The van der Waals surface area contributed by atoms with Crippen LogP contribution in [0.3, 0.4) is 0 Å². The van der Waals surface area contributed by atoms with Crippen molar-refractivity contribution in [2.45, 2.75) is 33.1 Å². The maximum Gasteiger partial charge on any atom is 0.147 e. The average Bonchev–Trinajstić information content (AvgIpc) is 3.44. The van der Waals surface area contributed by atoms with E-state index in [1.54, 1.807) is 11.3 Å².